The minimum atomic E-state index is -1.47. The van der Waals surface area contributed by atoms with E-state index in [1.807, 2.05) is 12.5 Å². The standard InChI is InChI=1S/C16H30N4O6S2/c1-9(18-14(23)10(17)4-6-27-2)13(22)19-11(5-7-28-3)15(24)20-12(8-21)16(25)26/h9-12,21H,4-8,17H2,1-3H3,(H,18,23)(H,19,22)(H,20,24)(H,25,26). The van der Waals surface area contributed by atoms with Gasteiger partial charge in [-0.25, -0.2) is 4.79 Å². The first-order chi connectivity index (χ1) is 13.2. The number of nitrogens with two attached hydrogens (primary N) is 1. The first-order valence-electron chi connectivity index (χ1n) is 8.66. The molecule has 7 N–H and O–H groups in total. The number of carbonyl (C=O) groups excluding carboxylic acids is 3. The van der Waals surface area contributed by atoms with Gasteiger partial charge in [0, 0.05) is 0 Å². The van der Waals surface area contributed by atoms with Crippen molar-refractivity contribution in [3.63, 3.8) is 0 Å². The van der Waals surface area contributed by atoms with E-state index in [0.29, 0.717) is 17.9 Å². The lowest BCUT2D eigenvalue weighted by molar-refractivity contribution is -0.143. The van der Waals surface area contributed by atoms with E-state index < -0.39 is 54.5 Å². The van der Waals surface area contributed by atoms with E-state index in [-0.39, 0.29) is 6.42 Å². The fourth-order valence-corrected chi connectivity index (χ4v) is 2.98. The summed E-state index contributed by atoms with van der Waals surface area (Å²) in [6.45, 7) is 0.691. The van der Waals surface area contributed by atoms with E-state index in [4.69, 9.17) is 15.9 Å². The Morgan fingerprint density at radius 3 is 1.93 bits per heavy atom. The first-order valence-corrected chi connectivity index (χ1v) is 11.4. The van der Waals surface area contributed by atoms with Gasteiger partial charge in [-0.15, -0.1) is 0 Å². The van der Waals surface area contributed by atoms with Gasteiger partial charge in [-0.1, -0.05) is 0 Å². The summed E-state index contributed by atoms with van der Waals surface area (Å²) in [6.07, 6.45) is 4.44. The number of aliphatic hydroxyl groups is 1. The average Bonchev–Trinajstić information content (AvgIpc) is 2.66. The second-order valence-electron chi connectivity index (χ2n) is 6.04. The van der Waals surface area contributed by atoms with Gasteiger partial charge in [0.2, 0.25) is 17.7 Å². The van der Waals surface area contributed by atoms with Gasteiger partial charge in [0.15, 0.2) is 0 Å². The summed E-state index contributed by atoms with van der Waals surface area (Å²) in [5, 5.41) is 25.2. The van der Waals surface area contributed by atoms with Gasteiger partial charge in [0.1, 0.15) is 18.1 Å². The van der Waals surface area contributed by atoms with Gasteiger partial charge in [-0.3, -0.25) is 14.4 Å². The molecule has 0 spiro atoms. The largest absolute Gasteiger partial charge is 0.480 e. The van der Waals surface area contributed by atoms with Crippen LogP contribution in [0, 0.1) is 0 Å². The van der Waals surface area contributed by atoms with Crippen LogP contribution in [0.25, 0.3) is 0 Å². The third-order valence-electron chi connectivity index (χ3n) is 3.76. The molecule has 0 aromatic rings. The monoisotopic (exact) mass is 438 g/mol. The average molecular weight is 439 g/mol. The molecule has 0 fully saturated rings. The number of hydrogen-bond donors (Lipinski definition) is 6. The number of thioether (sulfide) groups is 2. The van der Waals surface area contributed by atoms with Crippen molar-refractivity contribution >= 4 is 47.2 Å². The highest BCUT2D eigenvalue weighted by Crippen LogP contribution is 2.03. The number of aliphatic carboxylic acids is 1. The Balaban J connectivity index is 4.88. The predicted molar refractivity (Wildman–Crippen MR) is 110 cm³/mol. The molecule has 10 nitrogen and oxygen atoms in total. The molecule has 0 rings (SSSR count). The van der Waals surface area contributed by atoms with Crippen molar-refractivity contribution < 1.29 is 29.4 Å². The maximum atomic E-state index is 12.4. The number of hydrogen-bond acceptors (Lipinski definition) is 8. The van der Waals surface area contributed by atoms with Crippen molar-refractivity contribution in [1.29, 1.82) is 0 Å². The maximum Gasteiger partial charge on any atom is 0.328 e. The van der Waals surface area contributed by atoms with Crippen molar-refractivity contribution in [3.05, 3.63) is 0 Å². The fraction of sp³-hybridized carbons (Fsp3) is 0.750. The Labute approximate surface area is 173 Å². The molecule has 0 saturated carbocycles. The van der Waals surface area contributed by atoms with Crippen LogP contribution in [0.2, 0.25) is 0 Å². The van der Waals surface area contributed by atoms with Crippen molar-refractivity contribution in [1.82, 2.24) is 16.0 Å². The third-order valence-corrected chi connectivity index (χ3v) is 5.05. The zero-order valence-corrected chi connectivity index (χ0v) is 17.9. The molecule has 0 heterocycles. The minimum absolute atomic E-state index is 0.254. The number of aliphatic hydroxyl groups excluding tert-OH is 1. The summed E-state index contributed by atoms with van der Waals surface area (Å²) in [4.78, 5) is 47.6. The molecule has 0 aromatic carbocycles. The topological polar surface area (TPSA) is 171 Å². The zero-order valence-electron chi connectivity index (χ0n) is 16.3. The summed E-state index contributed by atoms with van der Waals surface area (Å²) in [5.74, 6) is -1.92. The van der Waals surface area contributed by atoms with Gasteiger partial charge in [0.25, 0.3) is 0 Å². The van der Waals surface area contributed by atoms with Gasteiger partial charge < -0.3 is 31.9 Å². The maximum absolute atomic E-state index is 12.4. The molecule has 0 aromatic heterocycles. The molecule has 0 radical (unpaired) electrons. The van der Waals surface area contributed by atoms with Crippen LogP contribution in [0.3, 0.4) is 0 Å². The molecular weight excluding hydrogens is 408 g/mol. The minimum Gasteiger partial charge on any atom is -0.480 e. The third kappa shape index (κ3) is 10.2. The summed E-state index contributed by atoms with van der Waals surface area (Å²) >= 11 is 3.01. The van der Waals surface area contributed by atoms with Crippen molar-refractivity contribution in [2.24, 2.45) is 5.73 Å². The summed E-state index contributed by atoms with van der Waals surface area (Å²) in [5.41, 5.74) is 5.76. The molecule has 28 heavy (non-hydrogen) atoms. The molecule has 12 heteroatoms. The van der Waals surface area contributed by atoms with Crippen LogP contribution in [0.1, 0.15) is 19.8 Å². The molecule has 0 saturated heterocycles. The smallest absolute Gasteiger partial charge is 0.328 e. The Kier molecular flexibility index (Phi) is 13.7. The van der Waals surface area contributed by atoms with Crippen LogP contribution in [-0.2, 0) is 19.2 Å². The number of carbonyl (C=O) groups is 4. The van der Waals surface area contributed by atoms with Gasteiger partial charge in [-0.05, 0) is 43.8 Å². The number of nitrogens with one attached hydrogen (secondary N) is 3. The predicted octanol–water partition coefficient (Wildman–Crippen LogP) is -1.63. The van der Waals surface area contributed by atoms with Crippen LogP contribution in [0.15, 0.2) is 0 Å². The molecule has 162 valence electrons. The Morgan fingerprint density at radius 2 is 1.43 bits per heavy atom. The lowest BCUT2D eigenvalue weighted by atomic mass is 10.1. The van der Waals surface area contributed by atoms with Gasteiger partial charge >= 0.3 is 5.97 Å². The summed E-state index contributed by atoms with van der Waals surface area (Å²) in [6, 6.07) is -4.13. The molecule has 4 unspecified atom stereocenters. The normalized spacial score (nSPS) is 15.0. The lowest BCUT2D eigenvalue weighted by Gasteiger charge is -2.23. The van der Waals surface area contributed by atoms with E-state index in [1.54, 1.807) is 11.8 Å². The number of carboxylic acids is 1. The van der Waals surface area contributed by atoms with Crippen molar-refractivity contribution in [2.45, 2.75) is 43.9 Å². The zero-order chi connectivity index (χ0) is 21.7. The number of rotatable bonds is 14. The summed E-state index contributed by atoms with van der Waals surface area (Å²) < 4.78 is 0. The second-order valence-corrected chi connectivity index (χ2v) is 8.01. The highest BCUT2D eigenvalue weighted by Gasteiger charge is 2.28. The van der Waals surface area contributed by atoms with Crippen LogP contribution < -0.4 is 21.7 Å². The van der Waals surface area contributed by atoms with Gasteiger partial charge in [0.05, 0.1) is 12.6 Å². The van der Waals surface area contributed by atoms with E-state index in [9.17, 15) is 19.2 Å². The molecule has 3 amide bonds. The number of amides is 3. The molecule has 0 bridgehead atoms. The molecule has 0 aliphatic carbocycles. The first kappa shape index (κ1) is 26.5. The van der Waals surface area contributed by atoms with Crippen molar-refractivity contribution in [2.75, 3.05) is 30.6 Å². The molecular formula is C16H30N4O6S2. The molecule has 4 atom stereocenters. The summed E-state index contributed by atoms with van der Waals surface area (Å²) in [7, 11) is 0. The van der Waals surface area contributed by atoms with E-state index in [2.05, 4.69) is 16.0 Å². The van der Waals surface area contributed by atoms with Crippen LogP contribution >= 0.6 is 23.5 Å². The molecule has 0 aliphatic heterocycles. The lowest BCUT2D eigenvalue weighted by Crippen LogP contribution is -2.56. The van der Waals surface area contributed by atoms with E-state index >= 15 is 0 Å². The highest BCUT2D eigenvalue weighted by atomic mass is 32.2. The number of carboxylic acid groups (broad SMARTS) is 1. The fourth-order valence-electron chi connectivity index (χ4n) is 2.02. The van der Waals surface area contributed by atoms with Crippen LogP contribution in [0.5, 0.6) is 0 Å². The van der Waals surface area contributed by atoms with Crippen LogP contribution in [0.4, 0.5) is 0 Å². The van der Waals surface area contributed by atoms with Crippen LogP contribution in [-0.4, -0.2) is 88.7 Å². The molecule has 0 aliphatic rings. The Morgan fingerprint density at radius 1 is 0.893 bits per heavy atom. The Hall–Kier alpha value is -1.50. The van der Waals surface area contributed by atoms with Crippen molar-refractivity contribution in [3.8, 4) is 0 Å². The quantitative estimate of drug-likeness (QED) is 0.186. The Bertz CT molecular complexity index is 537. The van der Waals surface area contributed by atoms with E-state index in [0.717, 1.165) is 0 Å². The van der Waals surface area contributed by atoms with Gasteiger partial charge in [-0.2, -0.15) is 23.5 Å². The second kappa shape index (κ2) is 14.5. The van der Waals surface area contributed by atoms with E-state index in [1.165, 1.54) is 18.7 Å². The SMILES string of the molecule is CSCCC(N)C(=O)NC(C)C(=O)NC(CCSC)C(=O)NC(CO)C(=O)O. The highest BCUT2D eigenvalue weighted by molar-refractivity contribution is 7.98.